The second-order valence-electron chi connectivity index (χ2n) is 6.92. The molecule has 1 saturated heterocycles. The van der Waals surface area contributed by atoms with E-state index < -0.39 is 16.3 Å². The van der Waals surface area contributed by atoms with Gasteiger partial charge in [0.25, 0.3) is 5.69 Å². The molecule has 0 spiro atoms. The van der Waals surface area contributed by atoms with Crippen LogP contribution >= 0.6 is 0 Å². The van der Waals surface area contributed by atoms with Crippen LogP contribution in [0, 0.1) is 15.5 Å². The van der Waals surface area contributed by atoms with E-state index in [4.69, 9.17) is 4.74 Å². The van der Waals surface area contributed by atoms with Crippen molar-refractivity contribution in [3.63, 3.8) is 0 Å². The number of nitro benzene ring substituents is 1. The van der Waals surface area contributed by atoms with Crippen LogP contribution in [-0.2, 0) is 20.7 Å². The number of nitrogens with one attached hydrogen (secondary N) is 1. The molecule has 9 heteroatoms. The average molecular weight is 375 g/mol. The number of carboxylic acids is 1. The molecule has 1 fully saturated rings. The Morgan fingerprint density at radius 1 is 1.44 bits per heavy atom. The van der Waals surface area contributed by atoms with Crippen molar-refractivity contribution >= 4 is 28.5 Å². The van der Waals surface area contributed by atoms with Gasteiger partial charge >= 0.3 is 5.97 Å². The fraction of sp³-hybridized carbons (Fsp3) is 0.444. The Balaban J connectivity index is 1.81. The van der Waals surface area contributed by atoms with Gasteiger partial charge in [-0.3, -0.25) is 19.7 Å². The molecule has 9 nitrogen and oxygen atoms in total. The van der Waals surface area contributed by atoms with Crippen molar-refractivity contribution in [3.05, 3.63) is 40.1 Å². The zero-order valence-electron chi connectivity index (χ0n) is 14.9. The number of methoxy groups -OCH3 is 1. The van der Waals surface area contributed by atoms with Crippen LogP contribution in [0.15, 0.2) is 24.4 Å². The molecule has 1 aromatic heterocycles. The zero-order chi connectivity index (χ0) is 19.6. The summed E-state index contributed by atoms with van der Waals surface area (Å²) in [6.07, 6.45) is 2.75. The second-order valence-corrected chi connectivity index (χ2v) is 6.92. The number of fused-ring (bicyclic) bond motifs is 1. The molecule has 3 rings (SSSR count). The highest BCUT2D eigenvalue weighted by Gasteiger charge is 2.43. The Bertz CT molecular complexity index is 888. The van der Waals surface area contributed by atoms with Crippen LogP contribution in [0.4, 0.5) is 5.69 Å². The molecule has 1 aliphatic heterocycles. The molecule has 0 saturated carbocycles. The van der Waals surface area contributed by atoms with E-state index in [2.05, 4.69) is 4.98 Å². The summed E-state index contributed by atoms with van der Waals surface area (Å²) in [6.45, 7) is 0.628. The van der Waals surface area contributed by atoms with Gasteiger partial charge in [-0.15, -0.1) is 0 Å². The monoisotopic (exact) mass is 375 g/mol. The minimum Gasteiger partial charge on any atom is -0.481 e. The summed E-state index contributed by atoms with van der Waals surface area (Å²) in [5.41, 5.74) is 0.221. The molecule has 0 aliphatic carbocycles. The van der Waals surface area contributed by atoms with Crippen molar-refractivity contribution in [2.75, 3.05) is 26.8 Å². The molecule has 1 amide bonds. The number of aliphatic carboxylic acids is 1. The molecule has 1 aliphatic rings. The maximum absolute atomic E-state index is 12.8. The van der Waals surface area contributed by atoms with Crippen molar-refractivity contribution in [1.29, 1.82) is 0 Å². The zero-order valence-corrected chi connectivity index (χ0v) is 14.9. The molecule has 1 atom stereocenters. The van der Waals surface area contributed by atoms with E-state index in [0.29, 0.717) is 35.9 Å². The fourth-order valence-corrected chi connectivity index (χ4v) is 3.68. The van der Waals surface area contributed by atoms with Gasteiger partial charge in [0.1, 0.15) is 5.41 Å². The first-order valence-corrected chi connectivity index (χ1v) is 8.61. The fourth-order valence-electron chi connectivity index (χ4n) is 3.68. The Morgan fingerprint density at radius 2 is 2.22 bits per heavy atom. The van der Waals surface area contributed by atoms with Crippen LogP contribution in [0.1, 0.15) is 18.4 Å². The number of carboxylic acid groups (broad SMARTS) is 1. The Labute approximate surface area is 155 Å². The Hall–Kier alpha value is -2.94. The topological polar surface area (TPSA) is 126 Å². The van der Waals surface area contributed by atoms with Crippen LogP contribution in [0.5, 0.6) is 0 Å². The van der Waals surface area contributed by atoms with Gasteiger partial charge in [0.2, 0.25) is 5.91 Å². The number of non-ortho nitro benzene ring substituents is 1. The van der Waals surface area contributed by atoms with Crippen LogP contribution in [-0.4, -0.2) is 58.6 Å². The highest BCUT2D eigenvalue weighted by molar-refractivity contribution is 5.90. The number of aromatic amines is 1. The van der Waals surface area contributed by atoms with E-state index in [1.165, 1.54) is 19.2 Å². The van der Waals surface area contributed by atoms with Gasteiger partial charge in [-0.2, -0.15) is 0 Å². The summed E-state index contributed by atoms with van der Waals surface area (Å²) < 4.78 is 5.09. The van der Waals surface area contributed by atoms with Crippen molar-refractivity contribution in [2.24, 2.45) is 5.41 Å². The lowest BCUT2D eigenvalue weighted by Gasteiger charge is -2.39. The SMILES string of the molecule is COCC1(C(=O)O)CCCN(C(=O)Cc2c[nH]c3ccc([N+](=O)[O-])cc23)C1. The number of benzene rings is 1. The van der Waals surface area contributed by atoms with Crippen molar-refractivity contribution in [1.82, 2.24) is 9.88 Å². The van der Waals surface area contributed by atoms with E-state index in [1.54, 1.807) is 17.2 Å². The number of nitro groups is 1. The predicted molar refractivity (Wildman–Crippen MR) is 96.4 cm³/mol. The lowest BCUT2D eigenvalue weighted by molar-refractivity contribution is -0.384. The number of hydrogen-bond acceptors (Lipinski definition) is 5. The number of ether oxygens (including phenoxy) is 1. The van der Waals surface area contributed by atoms with Crippen molar-refractivity contribution < 1.29 is 24.4 Å². The smallest absolute Gasteiger partial charge is 0.313 e. The highest BCUT2D eigenvalue weighted by Crippen LogP contribution is 2.32. The Kier molecular flexibility index (Phi) is 5.13. The number of likely N-dealkylation sites (tertiary alicyclic amines) is 1. The third-order valence-corrected chi connectivity index (χ3v) is 5.11. The molecule has 27 heavy (non-hydrogen) atoms. The summed E-state index contributed by atoms with van der Waals surface area (Å²) in [6, 6.07) is 4.45. The maximum atomic E-state index is 12.8. The summed E-state index contributed by atoms with van der Waals surface area (Å²) >= 11 is 0. The minimum absolute atomic E-state index is 0.0428. The third-order valence-electron chi connectivity index (χ3n) is 5.11. The molecule has 2 N–H and O–H groups in total. The number of nitrogens with zero attached hydrogens (tertiary/aromatic N) is 2. The van der Waals surface area contributed by atoms with E-state index in [0.717, 1.165) is 0 Å². The normalized spacial score (nSPS) is 20.0. The van der Waals surface area contributed by atoms with Crippen molar-refractivity contribution in [3.8, 4) is 0 Å². The average Bonchev–Trinajstić information content (AvgIpc) is 3.04. The van der Waals surface area contributed by atoms with Crippen LogP contribution in [0.2, 0.25) is 0 Å². The van der Waals surface area contributed by atoms with Gasteiger partial charge < -0.3 is 19.7 Å². The highest BCUT2D eigenvalue weighted by atomic mass is 16.6. The maximum Gasteiger partial charge on any atom is 0.313 e. The van der Waals surface area contributed by atoms with Crippen LogP contribution in [0.3, 0.4) is 0 Å². The first kappa shape index (κ1) is 18.8. The molecule has 0 radical (unpaired) electrons. The number of H-pyrrole nitrogens is 1. The number of rotatable bonds is 6. The van der Waals surface area contributed by atoms with E-state index in [1.807, 2.05) is 0 Å². The first-order valence-electron chi connectivity index (χ1n) is 8.61. The number of piperidine rings is 1. The van der Waals surface area contributed by atoms with Gasteiger partial charge in [0.05, 0.1) is 18.0 Å². The minimum atomic E-state index is -1.10. The van der Waals surface area contributed by atoms with E-state index >= 15 is 0 Å². The van der Waals surface area contributed by atoms with Gasteiger partial charge in [-0.1, -0.05) is 0 Å². The lowest BCUT2D eigenvalue weighted by Crippen LogP contribution is -2.52. The van der Waals surface area contributed by atoms with Crippen LogP contribution < -0.4 is 0 Å². The number of carbonyl (C=O) groups is 2. The predicted octanol–water partition coefficient (Wildman–Crippen LogP) is 1.96. The summed E-state index contributed by atoms with van der Waals surface area (Å²) in [7, 11) is 1.45. The van der Waals surface area contributed by atoms with Gasteiger partial charge in [-0.25, -0.2) is 0 Å². The molecular formula is C18H21N3O6. The number of amides is 1. The number of carbonyl (C=O) groups excluding carboxylic acids is 1. The molecule has 1 unspecified atom stereocenters. The number of hydrogen-bond donors (Lipinski definition) is 2. The van der Waals surface area contributed by atoms with Gasteiger partial charge in [0, 0.05) is 49.4 Å². The van der Waals surface area contributed by atoms with E-state index in [9.17, 15) is 24.8 Å². The molecule has 144 valence electrons. The summed E-state index contributed by atoms with van der Waals surface area (Å²) in [4.78, 5) is 39.6. The Morgan fingerprint density at radius 3 is 2.89 bits per heavy atom. The molecular weight excluding hydrogens is 354 g/mol. The second kappa shape index (κ2) is 7.36. The standard InChI is InChI=1S/C18H21N3O6/c1-27-11-18(17(23)24)5-2-6-20(10-18)16(22)7-12-9-19-15-4-3-13(21(25)26)8-14(12)15/h3-4,8-9,19H,2,5-7,10-11H2,1H3,(H,23,24). The quantitative estimate of drug-likeness (QED) is 0.587. The van der Waals surface area contributed by atoms with E-state index in [-0.39, 0.29) is 31.2 Å². The third kappa shape index (κ3) is 3.63. The first-order chi connectivity index (χ1) is 12.9. The molecule has 0 bridgehead atoms. The van der Waals surface area contributed by atoms with Gasteiger partial charge in [0.15, 0.2) is 0 Å². The molecule has 2 heterocycles. The summed E-state index contributed by atoms with van der Waals surface area (Å²) in [5, 5.41) is 21.2. The van der Waals surface area contributed by atoms with Crippen molar-refractivity contribution in [2.45, 2.75) is 19.3 Å². The summed E-state index contributed by atoms with van der Waals surface area (Å²) in [5.74, 6) is -1.17. The molecule has 1 aromatic carbocycles. The number of aromatic nitrogens is 1. The van der Waals surface area contributed by atoms with Gasteiger partial charge in [-0.05, 0) is 24.5 Å². The molecule has 2 aromatic rings. The largest absolute Gasteiger partial charge is 0.481 e. The van der Waals surface area contributed by atoms with Crippen LogP contribution in [0.25, 0.3) is 10.9 Å². The lowest BCUT2D eigenvalue weighted by atomic mass is 9.80.